The number of carbonyl (C=O) groups is 2. The van der Waals surface area contributed by atoms with Crippen molar-refractivity contribution in [2.45, 2.75) is 52.4 Å². The molecule has 0 spiro atoms. The van der Waals surface area contributed by atoms with Crippen LogP contribution in [0.1, 0.15) is 57.1 Å². The van der Waals surface area contributed by atoms with E-state index in [9.17, 15) is 9.59 Å². The quantitative estimate of drug-likeness (QED) is 0.750. The molecule has 5 heteroatoms. The highest BCUT2D eigenvalue weighted by Crippen LogP contribution is 2.27. The van der Waals surface area contributed by atoms with E-state index in [2.05, 4.69) is 26.8 Å². The van der Waals surface area contributed by atoms with Crippen molar-refractivity contribution < 1.29 is 14.3 Å². The van der Waals surface area contributed by atoms with Crippen LogP contribution in [0.15, 0.2) is 18.2 Å². The summed E-state index contributed by atoms with van der Waals surface area (Å²) in [6, 6.07) is 5.99. The molecule has 1 aromatic carbocycles. The lowest BCUT2D eigenvalue weighted by atomic mass is 9.98. The Morgan fingerprint density at radius 3 is 2.23 bits per heavy atom. The molecule has 0 aliphatic carbocycles. The summed E-state index contributed by atoms with van der Waals surface area (Å²) < 4.78 is 5.41. The van der Waals surface area contributed by atoms with Crippen molar-refractivity contribution in [2.75, 3.05) is 33.3 Å². The topological polar surface area (TPSA) is 49.9 Å². The summed E-state index contributed by atoms with van der Waals surface area (Å²) in [4.78, 5) is 28.5. The number of methoxy groups -OCH3 is 1. The first-order valence-corrected chi connectivity index (χ1v) is 9.68. The molecular weight excluding hydrogens is 328 g/mol. The average Bonchev–Trinajstić information content (AvgIpc) is 2.66. The van der Waals surface area contributed by atoms with Crippen LogP contribution in [0.2, 0.25) is 0 Å². The lowest BCUT2D eigenvalue weighted by Gasteiger charge is -2.35. The van der Waals surface area contributed by atoms with Crippen LogP contribution in [-0.4, -0.2) is 54.9 Å². The van der Waals surface area contributed by atoms with E-state index in [0.717, 1.165) is 29.7 Å². The van der Waals surface area contributed by atoms with E-state index in [1.165, 1.54) is 0 Å². The fraction of sp³-hybridized carbons (Fsp3) is 0.619. The molecule has 1 saturated heterocycles. The molecule has 2 amide bonds. The lowest BCUT2D eigenvalue weighted by molar-refractivity contribution is -0.139. The first-order chi connectivity index (χ1) is 12.5. The van der Waals surface area contributed by atoms with E-state index in [1.54, 1.807) is 7.11 Å². The predicted molar refractivity (Wildman–Crippen MR) is 103 cm³/mol. The van der Waals surface area contributed by atoms with Gasteiger partial charge in [0.1, 0.15) is 5.75 Å². The maximum absolute atomic E-state index is 12.6. The van der Waals surface area contributed by atoms with Gasteiger partial charge in [-0.05, 0) is 29.5 Å². The van der Waals surface area contributed by atoms with E-state index in [1.807, 2.05) is 21.9 Å². The van der Waals surface area contributed by atoms with Crippen molar-refractivity contribution in [3.8, 4) is 5.75 Å². The van der Waals surface area contributed by atoms with Gasteiger partial charge in [-0.15, -0.1) is 0 Å². The molecule has 1 aliphatic heterocycles. The van der Waals surface area contributed by atoms with Crippen LogP contribution in [0.25, 0.3) is 0 Å². The molecule has 0 aromatic heterocycles. The van der Waals surface area contributed by atoms with E-state index in [-0.39, 0.29) is 11.8 Å². The van der Waals surface area contributed by atoms with Crippen molar-refractivity contribution in [3.63, 3.8) is 0 Å². The number of hydrogen-bond donors (Lipinski definition) is 0. The monoisotopic (exact) mass is 360 g/mol. The zero-order chi connectivity index (χ0) is 19.1. The summed E-state index contributed by atoms with van der Waals surface area (Å²) in [5.74, 6) is 1.56. The Labute approximate surface area is 157 Å². The minimum Gasteiger partial charge on any atom is -0.496 e. The van der Waals surface area contributed by atoms with Gasteiger partial charge in [-0.3, -0.25) is 9.59 Å². The molecule has 0 radical (unpaired) electrons. The predicted octanol–water partition coefficient (Wildman–Crippen LogP) is 3.22. The van der Waals surface area contributed by atoms with E-state index in [0.29, 0.717) is 44.9 Å². The number of piperazine rings is 1. The number of benzene rings is 1. The van der Waals surface area contributed by atoms with E-state index in [4.69, 9.17) is 4.74 Å². The molecule has 1 aromatic rings. The zero-order valence-electron chi connectivity index (χ0n) is 16.6. The van der Waals surface area contributed by atoms with Gasteiger partial charge in [0.05, 0.1) is 13.5 Å². The van der Waals surface area contributed by atoms with Crippen LogP contribution in [0.3, 0.4) is 0 Å². The van der Waals surface area contributed by atoms with Gasteiger partial charge in [0.15, 0.2) is 0 Å². The van der Waals surface area contributed by atoms with Gasteiger partial charge >= 0.3 is 0 Å². The van der Waals surface area contributed by atoms with Crippen LogP contribution in [-0.2, 0) is 16.0 Å². The van der Waals surface area contributed by atoms with Crippen LogP contribution < -0.4 is 4.74 Å². The number of ether oxygens (including phenoxy) is 1. The number of hydrogen-bond acceptors (Lipinski definition) is 3. The Balaban J connectivity index is 1.91. The second-order valence-corrected chi connectivity index (χ2v) is 7.27. The number of carbonyl (C=O) groups excluding carboxylic acids is 2. The summed E-state index contributed by atoms with van der Waals surface area (Å²) >= 11 is 0. The number of rotatable bonds is 7. The molecule has 5 nitrogen and oxygen atoms in total. The molecule has 0 N–H and O–H groups in total. The normalized spacial score (nSPS) is 14.7. The van der Waals surface area contributed by atoms with Gasteiger partial charge in [-0.2, -0.15) is 0 Å². The Hall–Kier alpha value is -2.04. The fourth-order valence-corrected chi connectivity index (χ4v) is 3.32. The average molecular weight is 360 g/mol. The van der Waals surface area contributed by atoms with E-state index >= 15 is 0 Å². The lowest BCUT2D eigenvalue weighted by Crippen LogP contribution is -2.50. The first-order valence-electron chi connectivity index (χ1n) is 9.68. The standard InChI is InChI=1S/C21H32N2O3/c1-5-6-7-20(24)22-10-12-23(13-11-22)21(25)15-17-8-9-19(26-4)18(14-17)16(2)3/h8-9,14,16H,5-7,10-13,15H2,1-4H3. The van der Waals surface area contributed by atoms with Gasteiger partial charge in [-0.25, -0.2) is 0 Å². The van der Waals surface area contributed by atoms with Gasteiger partial charge in [-0.1, -0.05) is 39.3 Å². The molecule has 26 heavy (non-hydrogen) atoms. The Morgan fingerprint density at radius 1 is 1.08 bits per heavy atom. The molecule has 1 aliphatic rings. The van der Waals surface area contributed by atoms with E-state index < -0.39 is 0 Å². The summed E-state index contributed by atoms with van der Waals surface area (Å²) in [5.41, 5.74) is 2.14. The van der Waals surface area contributed by atoms with Crippen LogP contribution in [0.4, 0.5) is 0 Å². The molecule has 0 saturated carbocycles. The molecule has 144 valence electrons. The minimum atomic E-state index is 0.130. The highest BCUT2D eigenvalue weighted by molar-refractivity contribution is 5.80. The third kappa shape index (κ3) is 5.23. The minimum absolute atomic E-state index is 0.130. The maximum Gasteiger partial charge on any atom is 0.227 e. The van der Waals surface area contributed by atoms with Gasteiger partial charge in [0.2, 0.25) is 11.8 Å². The molecule has 0 bridgehead atoms. The molecule has 2 rings (SSSR count). The Morgan fingerprint density at radius 2 is 1.69 bits per heavy atom. The molecule has 0 atom stereocenters. The van der Waals surface area contributed by atoms with Crippen molar-refractivity contribution in [3.05, 3.63) is 29.3 Å². The van der Waals surface area contributed by atoms with Crippen LogP contribution in [0, 0.1) is 0 Å². The summed E-state index contributed by atoms with van der Waals surface area (Å²) in [6.45, 7) is 8.89. The zero-order valence-corrected chi connectivity index (χ0v) is 16.6. The summed E-state index contributed by atoms with van der Waals surface area (Å²) in [6.07, 6.45) is 2.99. The second kappa shape index (κ2) is 9.60. The maximum atomic E-state index is 12.6. The third-order valence-corrected chi connectivity index (χ3v) is 5.00. The highest BCUT2D eigenvalue weighted by atomic mass is 16.5. The largest absolute Gasteiger partial charge is 0.496 e. The van der Waals surface area contributed by atoms with Gasteiger partial charge in [0, 0.05) is 32.6 Å². The van der Waals surface area contributed by atoms with Crippen LogP contribution >= 0.6 is 0 Å². The SMILES string of the molecule is CCCCC(=O)N1CCN(C(=O)Cc2ccc(OC)c(C(C)C)c2)CC1. The smallest absolute Gasteiger partial charge is 0.227 e. The van der Waals surface area contributed by atoms with Gasteiger partial charge in [0.25, 0.3) is 0 Å². The molecular formula is C21H32N2O3. The third-order valence-electron chi connectivity index (χ3n) is 5.00. The second-order valence-electron chi connectivity index (χ2n) is 7.27. The molecule has 1 fully saturated rings. The van der Waals surface area contributed by atoms with Gasteiger partial charge < -0.3 is 14.5 Å². The highest BCUT2D eigenvalue weighted by Gasteiger charge is 2.24. The van der Waals surface area contributed by atoms with Crippen molar-refractivity contribution in [2.24, 2.45) is 0 Å². The number of unbranched alkanes of at least 4 members (excludes halogenated alkanes) is 1. The van der Waals surface area contributed by atoms with Crippen molar-refractivity contribution in [1.29, 1.82) is 0 Å². The number of amides is 2. The van der Waals surface area contributed by atoms with Crippen molar-refractivity contribution in [1.82, 2.24) is 9.80 Å². The first kappa shape index (κ1) is 20.3. The van der Waals surface area contributed by atoms with Crippen LogP contribution in [0.5, 0.6) is 5.75 Å². The fourth-order valence-electron chi connectivity index (χ4n) is 3.32. The molecule has 1 heterocycles. The Kier molecular flexibility index (Phi) is 7.49. The molecule has 0 unspecified atom stereocenters. The summed E-state index contributed by atoms with van der Waals surface area (Å²) in [7, 11) is 1.67. The number of nitrogens with zero attached hydrogens (tertiary/aromatic N) is 2. The summed E-state index contributed by atoms with van der Waals surface area (Å²) in [5, 5.41) is 0. The van der Waals surface area contributed by atoms with Crippen molar-refractivity contribution >= 4 is 11.8 Å². The Bertz CT molecular complexity index is 620.